The van der Waals surface area contributed by atoms with Crippen LogP contribution in [0.4, 0.5) is 0 Å². The summed E-state index contributed by atoms with van der Waals surface area (Å²) in [4.78, 5) is 14.3. The Morgan fingerprint density at radius 2 is 2.12 bits per heavy atom. The van der Waals surface area contributed by atoms with Crippen molar-refractivity contribution in [3.8, 4) is 11.4 Å². The Hall–Kier alpha value is -1.75. The quantitative estimate of drug-likeness (QED) is 0.645. The van der Waals surface area contributed by atoms with Crippen LogP contribution in [-0.4, -0.2) is 19.4 Å². The van der Waals surface area contributed by atoms with E-state index in [0.29, 0.717) is 5.78 Å². The molecule has 3 heterocycles. The van der Waals surface area contributed by atoms with Crippen molar-refractivity contribution >= 4 is 17.1 Å². The molecule has 0 aliphatic carbocycles. The lowest BCUT2D eigenvalue weighted by Gasteiger charge is -1.89. The summed E-state index contributed by atoms with van der Waals surface area (Å²) in [5.74, 6) is 0.711. The van der Waals surface area contributed by atoms with E-state index in [4.69, 9.17) is 0 Å². The Bertz CT molecular complexity index is 620. The van der Waals surface area contributed by atoms with Crippen molar-refractivity contribution in [2.45, 2.75) is 13.8 Å². The van der Waals surface area contributed by atoms with E-state index in [1.165, 1.54) is 4.88 Å². The number of fused-ring (bicyclic) bond motifs is 1. The molecule has 3 rings (SSSR count). The standard InChI is InChI=1S/C11H10N4S/c1-7-10(13-8(2)16-7)9-6-15-5-3-4-12-11(15)14-9/h3-6H,1-2H3. The molecule has 0 saturated carbocycles. The van der Waals surface area contributed by atoms with E-state index in [-0.39, 0.29) is 0 Å². The van der Waals surface area contributed by atoms with Crippen molar-refractivity contribution < 1.29 is 0 Å². The molecule has 0 spiro atoms. The van der Waals surface area contributed by atoms with Gasteiger partial charge in [0.05, 0.1) is 5.01 Å². The van der Waals surface area contributed by atoms with Gasteiger partial charge in [0.25, 0.3) is 0 Å². The Kier molecular flexibility index (Phi) is 2.00. The van der Waals surface area contributed by atoms with Crippen molar-refractivity contribution in [3.05, 3.63) is 34.5 Å². The molecule has 0 fully saturated rings. The maximum absolute atomic E-state index is 4.49. The third-order valence-corrected chi connectivity index (χ3v) is 3.27. The van der Waals surface area contributed by atoms with E-state index in [2.05, 4.69) is 21.9 Å². The molecule has 5 heteroatoms. The maximum Gasteiger partial charge on any atom is 0.234 e. The molecule has 4 nitrogen and oxygen atoms in total. The first-order chi connectivity index (χ1) is 7.74. The lowest BCUT2D eigenvalue weighted by atomic mass is 10.3. The van der Waals surface area contributed by atoms with Crippen molar-refractivity contribution in [1.82, 2.24) is 19.4 Å². The van der Waals surface area contributed by atoms with E-state index in [1.807, 2.05) is 29.8 Å². The molecule has 80 valence electrons. The fraction of sp³-hybridized carbons (Fsp3) is 0.182. The van der Waals surface area contributed by atoms with Gasteiger partial charge in [0.15, 0.2) is 0 Å². The zero-order chi connectivity index (χ0) is 11.1. The fourth-order valence-electron chi connectivity index (χ4n) is 1.71. The molecule has 3 aromatic heterocycles. The normalized spacial score (nSPS) is 11.1. The molecule has 0 aliphatic rings. The van der Waals surface area contributed by atoms with Gasteiger partial charge in [-0.3, -0.25) is 4.40 Å². The predicted molar refractivity (Wildman–Crippen MR) is 63.6 cm³/mol. The maximum atomic E-state index is 4.49. The van der Waals surface area contributed by atoms with E-state index < -0.39 is 0 Å². The van der Waals surface area contributed by atoms with E-state index >= 15 is 0 Å². The monoisotopic (exact) mass is 230 g/mol. The number of aromatic nitrogens is 4. The zero-order valence-electron chi connectivity index (χ0n) is 9.01. The predicted octanol–water partition coefficient (Wildman–Crippen LogP) is 2.47. The second-order valence-electron chi connectivity index (χ2n) is 3.59. The van der Waals surface area contributed by atoms with E-state index in [0.717, 1.165) is 16.4 Å². The van der Waals surface area contributed by atoms with Crippen LogP contribution in [0.1, 0.15) is 9.88 Å². The van der Waals surface area contributed by atoms with Crippen LogP contribution in [-0.2, 0) is 0 Å². The highest BCUT2D eigenvalue weighted by Crippen LogP contribution is 2.26. The third-order valence-electron chi connectivity index (χ3n) is 2.38. The van der Waals surface area contributed by atoms with Gasteiger partial charge in [0.1, 0.15) is 11.4 Å². The van der Waals surface area contributed by atoms with E-state index in [1.54, 1.807) is 17.5 Å². The molecule has 0 saturated heterocycles. The first-order valence-electron chi connectivity index (χ1n) is 4.98. The number of nitrogens with zero attached hydrogens (tertiary/aromatic N) is 4. The zero-order valence-corrected chi connectivity index (χ0v) is 9.82. The van der Waals surface area contributed by atoms with Gasteiger partial charge in [-0.1, -0.05) is 0 Å². The third kappa shape index (κ3) is 1.40. The summed E-state index contributed by atoms with van der Waals surface area (Å²) in [6.45, 7) is 4.08. The highest BCUT2D eigenvalue weighted by molar-refractivity contribution is 7.11. The van der Waals surface area contributed by atoms with Crippen LogP contribution in [0.15, 0.2) is 24.7 Å². The number of rotatable bonds is 1. The summed E-state index contributed by atoms with van der Waals surface area (Å²) < 4.78 is 1.91. The van der Waals surface area contributed by atoms with Gasteiger partial charge >= 0.3 is 0 Å². The minimum absolute atomic E-state index is 0.711. The summed E-state index contributed by atoms with van der Waals surface area (Å²) in [6.07, 6.45) is 5.64. The molecule has 0 amide bonds. The smallest absolute Gasteiger partial charge is 0.234 e. The molecule has 0 atom stereocenters. The van der Waals surface area contributed by atoms with Crippen molar-refractivity contribution in [1.29, 1.82) is 0 Å². The Morgan fingerprint density at radius 1 is 1.25 bits per heavy atom. The van der Waals surface area contributed by atoms with Crippen LogP contribution in [0, 0.1) is 13.8 Å². The second-order valence-corrected chi connectivity index (χ2v) is 5.00. The molecule has 0 bridgehead atoms. The number of thiazole rings is 1. The van der Waals surface area contributed by atoms with Gasteiger partial charge in [-0.2, -0.15) is 0 Å². The molecule has 0 unspecified atom stereocenters. The average Bonchev–Trinajstić information content (AvgIpc) is 2.81. The van der Waals surface area contributed by atoms with Gasteiger partial charge in [-0.15, -0.1) is 11.3 Å². The average molecular weight is 230 g/mol. The SMILES string of the molecule is Cc1nc(-c2cn3cccnc3n2)c(C)s1. The van der Waals surface area contributed by atoms with Gasteiger partial charge in [0, 0.05) is 23.5 Å². The first-order valence-corrected chi connectivity index (χ1v) is 5.80. The summed E-state index contributed by atoms with van der Waals surface area (Å²) in [7, 11) is 0. The number of hydrogen-bond acceptors (Lipinski definition) is 4. The van der Waals surface area contributed by atoms with Crippen molar-refractivity contribution in [2.24, 2.45) is 0 Å². The van der Waals surface area contributed by atoms with Gasteiger partial charge in [-0.25, -0.2) is 15.0 Å². The van der Waals surface area contributed by atoms with Crippen LogP contribution < -0.4 is 0 Å². The minimum Gasteiger partial charge on any atom is -0.290 e. The Balaban J connectivity index is 2.22. The number of aryl methyl sites for hydroxylation is 2. The Labute approximate surface area is 96.6 Å². The number of imidazole rings is 1. The lowest BCUT2D eigenvalue weighted by molar-refractivity contribution is 1.11. The molecule has 0 aliphatic heterocycles. The summed E-state index contributed by atoms with van der Waals surface area (Å²) >= 11 is 1.69. The van der Waals surface area contributed by atoms with Gasteiger partial charge in [-0.05, 0) is 19.9 Å². The van der Waals surface area contributed by atoms with Crippen LogP contribution in [0.3, 0.4) is 0 Å². The fourth-order valence-corrected chi connectivity index (χ4v) is 2.54. The molecule has 3 aromatic rings. The summed E-state index contributed by atoms with van der Waals surface area (Å²) in [5.41, 5.74) is 1.86. The van der Waals surface area contributed by atoms with Crippen LogP contribution in [0.5, 0.6) is 0 Å². The highest BCUT2D eigenvalue weighted by Gasteiger charge is 2.11. The largest absolute Gasteiger partial charge is 0.290 e. The van der Waals surface area contributed by atoms with Gasteiger partial charge in [0.2, 0.25) is 5.78 Å². The second kappa shape index (κ2) is 3.38. The van der Waals surface area contributed by atoms with E-state index in [9.17, 15) is 0 Å². The molecule has 16 heavy (non-hydrogen) atoms. The summed E-state index contributed by atoms with van der Waals surface area (Å²) in [5, 5.41) is 1.07. The van der Waals surface area contributed by atoms with Crippen LogP contribution in [0.25, 0.3) is 17.2 Å². The first kappa shape index (κ1) is 9.47. The lowest BCUT2D eigenvalue weighted by Crippen LogP contribution is -1.83. The Morgan fingerprint density at radius 3 is 2.81 bits per heavy atom. The molecular formula is C11H10N4S. The molecular weight excluding hydrogens is 220 g/mol. The molecule has 0 aromatic carbocycles. The van der Waals surface area contributed by atoms with Gasteiger partial charge < -0.3 is 0 Å². The van der Waals surface area contributed by atoms with Crippen LogP contribution >= 0.6 is 11.3 Å². The highest BCUT2D eigenvalue weighted by atomic mass is 32.1. The number of hydrogen-bond donors (Lipinski definition) is 0. The molecule has 0 radical (unpaired) electrons. The topological polar surface area (TPSA) is 43.1 Å². The van der Waals surface area contributed by atoms with Crippen LogP contribution in [0.2, 0.25) is 0 Å². The van der Waals surface area contributed by atoms with Crippen molar-refractivity contribution in [3.63, 3.8) is 0 Å². The minimum atomic E-state index is 0.711. The molecule has 0 N–H and O–H groups in total. The summed E-state index contributed by atoms with van der Waals surface area (Å²) in [6, 6.07) is 1.89. The van der Waals surface area contributed by atoms with Crippen molar-refractivity contribution in [2.75, 3.05) is 0 Å².